The molecule has 0 aliphatic rings. The third-order valence-corrected chi connectivity index (χ3v) is 4.46. The summed E-state index contributed by atoms with van der Waals surface area (Å²) in [5.41, 5.74) is -0.0362. The summed E-state index contributed by atoms with van der Waals surface area (Å²) in [5, 5.41) is 0.433. The summed E-state index contributed by atoms with van der Waals surface area (Å²) < 4.78 is 20.8. The third kappa shape index (κ3) is 4.57. The average molecular weight is 408 g/mol. The second kappa shape index (κ2) is 9.09. The van der Waals surface area contributed by atoms with Crippen molar-refractivity contribution >= 4 is 28.6 Å². The molecule has 0 fully saturated rings. The predicted octanol–water partition coefficient (Wildman–Crippen LogP) is 3.67. The van der Waals surface area contributed by atoms with Crippen molar-refractivity contribution in [1.29, 1.82) is 0 Å². The van der Waals surface area contributed by atoms with Gasteiger partial charge in [0.25, 0.3) is 0 Å². The van der Waals surface area contributed by atoms with Gasteiger partial charge in [-0.15, -0.1) is 0 Å². The highest BCUT2D eigenvalue weighted by Gasteiger charge is 2.18. The normalized spacial score (nSPS) is 10.9. The first-order valence-corrected chi connectivity index (χ1v) is 9.03. The predicted molar refractivity (Wildman–Crippen MR) is 112 cm³/mol. The number of rotatable bonds is 8. The van der Waals surface area contributed by atoms with Crippen LogP contribution in [0.3, 0.4) is 0 Å². The van der Waals surface area contributed by atoms with Gasteiger partial charge in [0.15, 0.2) is 11.6 Å². The van der Waals surface area contributed by atoms with E-state index in [1.54, 1.807) is 43.5 Å². The molecule has 0 aliphatic heterocycles. The summed E-state index contributed by atoms with van der Waals surface area (Å²) in [6.45, 7) is 0. The number of ketones is 2. The second-order valence-corrected chi connectivity index (χ2v) is 6.36. The Morgan fingerprint density at radius 2 is 1.63 bits per heavy atom. The van der Waals surface area contributed by atoms with Gasteiger partial charge in [0.2, 0.25) is 0 Å². The van der Waals surface area contributed by atoms with Crippen LogP contribution in [-0.4, -0.2) is 32.9 Å². The molecule has 1 heterocycles. The molecule has 7 nitrogen and oxygen atoms in total. The first kappa shape index (κ1) is 20.9. The minimum absolute atomic E-state index is 0.211. The molecular weight excluding hydrogens is 388 g/mol. The molecule has 0 atom stereocenters. The molecule has 0 bridgehead atoms. The van der Waals surface area contributed by atoms with E-state index in [9.17, 15) is 14.4 Å². The fourth-order valence-electron chi connectivity index (χ4n) is 2.86. The molecule has 154 valence electrons. The molecule has 30 heavy (non-hydrogen) atoms. The highest BCUT2D eigenvalue weighted by molar-refractivity contribution is 6.12. The van der Waals surface area contributed by atoms with Crippen molar-refractivity contribution in [1.82, 2.24) is 0 Å². The van der Waals surface area contributed by atoms with Gasteiger partial charge in [-0.1, -0.05) is 18.2 Å². The second-order valence-electron chi connectivity index (χ2n) is 6.36. The van der Waals surface area contributed by atoms with Crippen LogP contribution < -0.4 is 19.8 Å². The quantitative estimate of drug-likeness (QED) is 0.243. The Hall–Kier alpha value is -3.87. The Bertz CT molecular complexity index is 1170. The molecule has 2 aromatic carbocycles. The molecule has 0 radical (unpaired) electrons. The van der Waals surface area contributed by atoms with E-state index < -0.39 is 23.6 Å². The van der Waals surface area contributed by atoms with E-state index in [1.165, 1.54) is 32.4 Å². The summed E-state index contributed by atoms with van der Waals surface area (Å²) >= 11 is 0. The molecule has 0 unspecified atom stereocenters. The number of carbonyl (C=O) groups excluding carboxylic acids is 2. The molecule has 3 rings (SSSR count). The largest absolute Gasteiger partial charge is 0.497 e. The van der Waals surface area contributed by atoms with Gasteiger partial charge >= 0.3 is 5.63 Å². The topological polar surface area (TPSA) is 92.0 Å². The maximum atomic E-state index is 12.5. The van der Waals surface area contributed by atoms with E-state index in [1.807, 2.05) is 0 Å². The Morgan fingerprint density at radius 1 is 0.933 bits per heavy atom. The number of fused-ring (bicyclic) bond motifs is 1. The maximum Gasteiger partial charge on any atom is 0.347 e. The van der Waals surface area contributed by atoms with E-state index in [0.717, 1.165) is 5.56 Å². The molecule has 3 aromatic rings. The van der Waals surface area contributed by atoms with E-state index in [2.05, 4.69) is 0 Å². The average Bonchev–Trinajstić information content (AvgIpc) is 2.76. The molecule has 0 saturated heterocycles. The summed E-state index contributed by atoms with van der Waals surface area (Å²) in [6, 6.07) is 11.6. The van der Waals surface area contributed by atoms with Crippen molar-refractivity contribution < 1.29 is 28.2 Å². The Labute approximate surface area is 172 Å². The Morgan fingerprint density at radius 3 is 2.27 bits per heavy atom. The Kier molecular flexibility index (Phi) is 6.32. The van der Waals surface area contributed by atoms with Crippen LogP contribution in [0.2, 0.25) is 0 Å². The van der Waals surface area contributed by atoms with Crippen molar-refractivity contribution in [3.05, 3.63) is 70.1 Å². The first-order chi connectivity index (χ1) is 14.4. The van der Waals surface area contributed by atoms with Gasteiger partial charge in [-0.05, 0) is 29.8 Å². The van der Waals surface area contributed by atoms with Crippen molar-refractivity contribution in [3.8, 4) is 17.2 Å². The fourth-order valence-corrected chi connectivity index (χ4v) is 2.86. The number of benzene rings is 2. The van der Waals surface area contributed by atoms with Crippen LogP contribution in [0.1, 0.15) is 22.3 Å². The standard InChI is InChI=1S/C23H20O7/c1-27-16-8-5-14(6-9-16)4-7-15(24)10-20(25)18-13-19-21(29-3)11-17(28-2)12-22(19)30-23(18)26/h4-9,11-13H,10H2,1-3H3. The van der Waals surface area contributed by atoms with Gasteiger partial charge in [0.1, 0.15) is 28.4 Å². The van der Waals surface area contributed by atoms with Crippen LogP contribution in [0.4, 0.5) is 0 Å². The highest BCUT2D eigenvalue weighted by atomic mass is 16.5. The molecule has 7 heteroatoms. The number of carbonyl (C=O) groups is 2. The van der Waals surface area contributed by atoms with Gasteiger partial charge in [0, 0.05) is 12.1 Å². The number of hydrogen-bond donors (Lipinski definition) is 0. The minimum atomic E-state index is -0.824. The van der Waals surface area contributed by atoms with E-state index in [0.29, 0.717) is 22.6 Å². The number of ether oxygens (including phenoxy) is 3. The maximum absolute atomic E-state index is 12.5. The SMILES string of the molecule is COc1ccc(C=CC(=O)CC(=O)c2cc3c(OC)cc(OC)cc3oc2=O)cc1. The van der Waals surface area contributed by atoms with Crippen LogP contribution in [0.15, 0.2) is 57.8 Å². The lowest BCUT2D eigenvalue weighted by Gasteiger charge is -2.08. The zero-order valence-electron chi connectivity index (χ0n) is 16.8. The van der Waals surface area contributed by atoms with Crippen LogP contribution in [-0.2, 0) is 4.79 Å². The van der Waals surface area contributed by atoms with Gasteiger partial charge in [-0.2, -0.15) is 0 Å². The highest BCUT2D eigenvalue weighted by Crippen LogP contribution is 2.31. The van der Waals surface area contributed by atoms with E-state index >= 15 is 0 Å². The van der Waals surface area contributed by atoms with Gasteiger partial charge in [-0.3, -0.25) is 9.59 Å². The number of methoxy groups -OCH3 is 3. The van der Waals surface area contributed by atoms with Crippen molar-refractivity contribution in [2.45, 2.75) is 6.42 Å². The molecule has 0 N–H and O–H groups in total. The van der Waals surface area contributed by atoms with Crippen LogP contribution in [0.5, 0.6) is 17.2 Å². The van der Waals surface area contributed by atoms with Crippen molar-refractivity contribution in [2.75, 3.05) is 21.3 Å². The van der Waals surface area contributed by atoms with Crippen LogP contribution in [0, 0.1) is 0 Å². The first-order valence-electron chi connectivity index (χ1n) is 9.03. The number of allylic oxidation sites excluding steroid dienone is 1. The molecular formula is C23H20O7. The number of Topliss-reactive ketones (excluding diaryl/α,β-unsaturated/α-hetero) is 1. The summed E-state index contributed by atoms with van der Waals surface area (Å²) in [7, 11) is 4.49. The van der Waals surface area contributed by atoms with Crippen LogP contribution >= 0.6 is 0 Å². The van der Waals surface area contributed by atoms with Crippen molar-refractivity contribution in [2.24, 2.45) is 0 Å². The molecule has 1 aromatic heterocycles. The van der Waals surface area contributed by atoms with Gasteiger partial charge in [-0.25, -0.2) is 4.79 Å². The molecule has 0 saturated carbocycles. The lowest BCUT2D eigenvalue weighted by atomic mass is 10.0. The summed E-state index contributed by atoms with van der Waals surface area (Å²) in [4.78, 5) is 37.0. The minimum Gasteiger partial charge on any atom is -0.497 e. The van der Waals surface area contributed by atoms with Gasteiger partial charge < -0.3 is 18.6 Å². The Balaban J connectivity index is 1.81. The number of hydrogen-bond acceptors (Lipinski definition) is 7. The smallest absolute Gasteiger partial charge is 0.347 e. The van der Waals surface area contributed by atoms with Gasteiger partial charge in [0.05, 0.1) is 33.1 Å². The summed E-state index contributed by atoms with van der Waals surface area (Å²) in [6.07, 6.45) is 2.43. The van der Waals surface area contributed by atoms with E-state index in [-0.39, 0.29) is 11.1 Å². The van der Waals surface area contributed by atoms with E-state index in [4.69, 9.17) is 18.6 Å². The summed E-state index contributed by atoms with van der Waals surface area (Å²) in [5.74, 6) is 0.461. The third-order valence-electron chi connectivity index (χ3n) is 4.46. The lowest BCUT2D eigenvalue weighted by Crippen LogP contribution is -2.16. The zero-order chi connectivity index (χ0) is 21.7. The lowest BCUT2D eigenvalue weighted by molar-refractivity contribution is -0.113. The molecule has 0 amide bonds. The van der Waals surface area contributed by atoms with Crippen LogP contribution in [0.25, 0.3) is 17.0 Å². The monoisotopic (exact) mass is 408 g/mol. The molecule has 0 spiro atoms. The molecule has 0 aliphatic carbocycles. The van der Waals surface area contributed by atoms with Crippen molar-refractivity contribution in [3.63, 3.8) is 0 Å². The zero-order valence-corrected chi connectivity index (χ0v) is 16.8. The fraction of sp³-hybridized carbons (Fsp3) is 0.174.